The number of hydrazine groups is 1. The number of esters is 2. The Morgan fingerprint density at radius 1 is 1.05 bits per heavy atom. The number of rotatable bonds is 10. The molecular formula is C26H30ClFN2O9. The van der Waals surface area contributed by atoms with Crippen LogP contribution >= 0.6 is 11.6 Å². The van der Waals surface area contributed by atoms with Gasteiger partial charge in [-0.05, 0) is 57.0 Å². The van der Waals surface area contributed by atoms with E-state index in [-0.39, 0.29) is 18.7 Å². The molecule has 0 aromatic heterocycles. The average molecular weight is 569 g/mol. The van der Waals surface area contributed by atoms with Crippen molar-refractivity contribution in [1.82, 2.24) is 10.4 Å². The van der Waals surface area contributed by atoms with E-state index in [1.54, 1.807) is 52.0 Å². The van der Waals surface area contributed by atoms with E-state index in [2.05, 4.69) is 19.6 Å². The minimum absolute atomic E-state index is 0.0523. The molecule has 13 heteroatoms. The first-order valence-electron chi connectivity index (χ1n) is 11.8. The summed E-state index contributed by atoms with van der Waals surface area (Å²) in [6.45, 7) is 4.95. The summed E-state index contributed by atoms with van der Waals surface area (Å²) >= 11 is 5.97. The van der Waals surface area contributed by atoms with Crippen molar-refractivity contribution in [2.24, 2.45) is 0 Å². The molecule has 2 aromatic rings. The van der Waals surface area contributed by atoms with E-state index in [1.807, 2.05) is 0 Å². The zero-order valence-electron chi connectivity index (χ0n) is 21.9. The van der Waals surface area contributed by atoms with E-state index < -0.39 is 54.9 Å². The zero-order chi connectivity index (χ0) is 29.2. The second-order valence-electron chi connectivity index (χ2n) is 9.07. The number of ether oxygens (including phenoxy) is 4. The van der Waals surface area contributed by atoms with Crippen molar-refractivity contribution in [2.75, 3.05) is 19.9 Å². The molecule has 0 aliphatic heterocycles. The van der Waals surface area contributed by atoms with Crippen LogP contribution in [0.1, 0.15) is 33.3 Å². The predicted octanol–water partition coefficient (Wildman–Crippen LogP) is 3.36. The summed E-state index contributed by atoms with van der Waals surface area (Å²) in [6, 6.07) is 10.6. The molecule has 0 spiro atoms. The summed E-state index contributed by atoms with van der Waals surface area (Å²) in [4.78, 5) is 47.9. The lowest BCUT2D eigenvalue weighted by Gasteiger charge is -2.26. The Morgan fingerprint density at radius 3 is 2.33 bits per heavy atom. The smallest absolute Gasteiger partial charge is 0.453 e. The van der Waals surface area contributed by atoms with E-state index in [0.29, 0.717) is 16.1 Å². The molecule has 2 N–H and O–H groups in total. The number of aliphatic hydroxyl groups excluding tert-OH is 1. The van der Waals surface area contributed by atoms with Gasteiger partial charge in [-0.25, -0.2) is 23.8 Å². The van der Waals surface area contributed by atoms with Gasteiger partial charge in [0.2, 0.25) is 6.79 Å². The summed E-state index contributed by atoms with van der Waals surface area (Å²) in [5.74, 6) is -3.96. The monoisotopic (exact) mass is 568 g/mol. The van der Waals surface area contributed by atoms with Crippen molar-refractivity contribution in [1.29, 1.82) is 0 Å². The minimum Gasteiger partial charge on any atom is -0.453 e. The second kappa shape index (κ2) is 14.4. The molecular weight excluding hydrogens is 539 g/mol. The quantitative estimate of drug-likeness (QED) is 0.144. The van der Waals surface area contributed by atoms with Crippen LogP contribution in [-0.4, -0.2) is 65.8 Å². The highest BCUT2D eigenvalue weighted by Crippen LogP contribution is 2.26. The zero-order valence-corrected chi connectivity index (χ0v) is 22.6. The first-order chi connectivity index (χ1) is 18.3. The molecule has 0 radical (unpaired) electrons. The Balaban J connectivity index is 2.14. The second-order valence-corrected chi connectivity index (χ2v) is 9.51. The van der Waals surface area contributed by atoms with E-state index in [1.165, 1.54) is 18.2 Å². The van der Waals surface area contributed by atoms with E-state index in [9.17, 15) is 28.7 Å². The number of hydrogen-bond donors (Lipinski definition) is 2. The average Bonchev–Trinajstić information content (AvgIpc) is 2.85. The number of nitrogens with one attached hydrogen (secondary N) is 1. The third kappa shape index (κ3) is 10.9. The molecule has 0 saturated heterocycles. The van der Waals surface area contributed by atoms with Crippen molar-refractivity contribution in [3.8, 4) is 11.1 Å². The number of benzene rings is 2. The van der Waals surface area contributed by atoms with Crippen LogP contribution in [0.25, 0.3) is 11.1 Å². The lowest BCUT2D eigenvalue weighted by Crippen LogP contribution is -2.50. The van der Waals surface area contributed by atoms with Gasteiger partial charge in [-0.1, -0.05) is 35.9 Å². The summed E-state index contributed by atoms with van der Waals surface area (Å²) in [5.41, 5.74) is 2.75. The van der Waals surface area contributed by atoms with Gasteiger partial charge in [0, 0.05) is 17.1 Å². The van der Waals surface area contributed by atoms with Crippen molar-refractivity contribution >= 4 is 35.6 Å². The molecule has 2 rings (SSSR count). The molecule has 0 saturated carbocycles. The number of amides is 1. The predicted molar refractivity (Wildman–Crippen MR) is 136 cm³/mol. The van der Waals surface area contributed by atoms with Crippen LogP contribution in [0.4, 0.5) is 9.18 Å². The molecule has 0 heterocycles. The molecule has 1 unspecified atom stereocenters. The SMILES string of the molecule is CCOC(=O)OCOC(=O)C(O)CN(Cc1ccc(-c2cc(Cl)ccc2F)cc1)NC(=O)C(=O)OC(C)(C)C. The van der Waals surface area contributed by atoms with Crippen LogP contribution in [-0.2, 0) is 39.9 Å². The maximum Gasteiger partial charge on any atom is 0.511 e. The van der Waals surface area contributed by atoms with Gasteiger partial charge in [0.1, 0.15) is 11.4 Å². The fraction of sp³-hybridized carbons (Fsp3) is 0.385. The van der Waals surface area contributed by atoms with Crippen molar-refractivity contribution < 1.29 is 47.6 Å². The molecule has 1 atom stereocenters. The Bertz CT molecular complexity index is 1170. The van der Waals surface area contributed by atoms with E-state index in [0.717, 1.165) is 5.01 Å². The van der Waals surface area contributed by atoms with Gasteiger partial charge in [-0.3, -0.25) is 10.2 Å². The molecule has 0 aliphatic rings. The van der Waals surface area contributed by atoms with Gasteiger partial charge in [0.15, 0.2) is 6.10 Å². The highest BCUT2D eigenvalue weighted by molar-refractivity contribution is 6.32. The molecule has 0 bridgehead atoms. The van der Waals surface area contributed by atoms with Crippen LogP contribution in [0.5, 0.6) is 0 Å². The van der Waals surface area contributed by atoms with Crippen LogP contribution < -0.4 is 5.43 Å². The summed E-state index contributed by atoms with van der Waals surface area (Å²) < 4.78 is 33.0. The number of carbonyl (C=O) groups is 4. The number of carbonyl (C=O) groups excluding carboxylic acids is 4. The molecule has 11 nitrogen and oxygen atoms in total. The summed E-state index contributed by atoms with van der Waals surface area (Å²) in [5, 5.41) is 11.8. The van der Waals surface area contributed by atoms with Crippen LogP contribution in [0, 0.1) is 5.82 Å². The molecule has 0 fully saturated rings. The molecule has 2 aromatic carbocycles. The Labute approximate surface area is 229 Å². The molecule has 212 valence electrons. The van der Waals surface area contributed by atoms with Crippen LogP contribution in [0.15, 0.2) is 42.5 Å². The normalized spacial score (nSPS) is 11.9. The van der Waals surface area contributed by atoms with Gasteiger partial charge in [-0.15, -0.1) is 0 Å². The van der Waals surface area contributed by atoms with Crippen LogP contribution in [0.2, 0.25) is 5.02 Å². The van der Waals surface area contributed by atoms with Gasteiger partial charge in [0.25, 0.3) is 0 Å². The Kier molecular flexibility index (Phi) is 11.6. The third-order valence-electron chi connectivity index (χ3n) is 4.72. The maximum absolute atomic E-state index is 14.2. The van der Waals surface area contributed by atoms with Crippen LogP contribution in [0.3, 0.4) is 0 Å². The highest BCUT2D eigenvalue weighted by atomic mass is 35.5. The minimum atomic E-state index is -1.81. The fourth-order valence-electron chi connectivity index (χ4n) is 3.07. The Hall–Kier alpha value is -3.74. The van der Waals surface area contributed by atoms with Gasteiger partial charge in [0.05, 0.1) is 13.2 Å². The Morgan fingerprint density at radius 2 is 1.72 bits per heavy atom. The van der Waals surface area contributed by atoms with Crippen molar-refractivity contribution in [2.45, 2.75) is 45.9 Å². The lowest BCUT2D eigenvalue weighted by molar-refractivity contribution is -0.168. The molecule has 0 aliphatic carbocycles. The van der Waals surface area contributed by atoms with Gasteiger partial charge in [-0.2, -0.15) is 0 Å². The van der Waals surface area contributed by atoms with Crippen molar-refractivity contribution in [3.05, 3.63) is 58.9 Å². The third-order valence-corrected chi connectivity index (χ3v) is 4.95. The number of aliphatic hydroxyl groups is 1. The highest BCUT2D eigenvalue weighted by Gasteiger charge is 2.27. The fourth-order valence-corrected chi connectivity index (χ4v) is 3.24. The van der Waals surface area contributed by atoms with Gasteiger partial charge >= 0.3 is 24.0 Å². The molecule has 39 heavy (non-hydrogen) atoms. The van der Waals surface area contributed by atoms with E-state index >= 15 is 0 Å². The maximum atomic E-state index is 14.2. The lowest BCUT2D eigenvalue weighted by atomic mass is 10.0. The topological polar surface area (TPSA) is 141 Å². The molecule has 1 amide bonds. The first-order valence-corrected chi connectivity index (χ1v) is 12.1. The number of hydrogen-bond acceptors (Lipinski definition) is 10. The number of nitrogens with zero attached hydrogens (tertiary/aromatic N) is 1. The van der Waals surface area contributed by atoms with Gasteiger partial charge < -0.3 is 24.1 Å². The summed E-state index contributed by atoms with van der Waals surface area (Å²) in [6.07, 6.45) is -2.87. The largest absolute Gasteiger partial charge is 0.511 e. The summed E-state index contributed by atoms with van der Waals surface area (Å²) in [7, 11) is 0. The van der Waals surface area contributed by atoms with E-state index in [4.69, 9.17) is 16.3 Å². The standard InChI is InChI=1S/C26H30ClFN2O9/c1-5-36-25(35)38-15-37-23(33)21(31)14-30(29-22(32)24(34)39-26(2,3)4)13-16-6-8-17(9-7-16)19-12-18(27)10-11-20(19)28/h6-12,21,31H,5,13-15H2,1-4H3,(H,29,32). The van der Waals surface area contributed by atoms with Crippen molar-refractivity contribution in [3.63, 3.8) is 0 Å². The first kappa shape index (κ1) is 31.5. The number of halogens is 2.